The molecule has 0 radical (unpaired) electrons. The number of hydrogen-bond acceptors (Lipinski definition) is 5. The molecule has 1 aliphatic rings. The zero-order valence-electron chi connectivity index (χ0n) is 16.1. The van der Waals surface area contributed by atoms with Gasteiger partial charge in [-0.1, -0.05) is 19.3 Å². The smallest absolute Gasteiger partial charge is 0.260 e. The highest BCUT2D eigenvalue weighted by Gasteiger charge is 2.19. The average Bonchev–Trinajstić information content (AvgIpc) is 3.36. The highest BCUT2D eigenvalue weighted by Crippen LogP contribution is 2.32. The first-order chi connectivity index (χ1) is 13.6. The molecule has 6 nitrogen and oxygen atoms in total. The molecule has 1 saturated carbocycles. The topological polar surface area (TPSA) is 69.0 Å². The van der Waals surface area contributed by atoms with Crippen LogP contribution in [-0.2, 0) is 0 Å². The summed E-state index contributed by atoms with van der Waals surface area (Å²) in [7, 11) is 1.65. The largest absolute Gasteiger partial charge is 0.497 e. The molecule has 2 aromatic heterocycles. The Bertz CT molecular complexity index is 955. The van der Waals surface area contributed by atoms with Gasteiger partial charge in [-0.15, -0.1) is 11.3 Å². The minimum Gasteiger partial charge on any atom is -0.497 e. The second-order valence-electron chi connectivity index (χ2n) is 7.11. The van der Waals surface area contributed by atoms with Crippen molar-refractivity contribution in [2.24, 2.45) is 0 Å². The van der Waals surface area contributed by atoms with Crippen molar-refractivity contribution in [3.05, 3.63) is 47.1 Å². The number of ether oxygens (including phenoxy) is 1. The van der Waals surface area contributed by atoms with Gasteiger partial charge in [-0.3, -0.25) is 14.8 Å². The minimum absolute atomic E-state index is 0.169. The number of nitrogens with one attached hydrogen (secondary N) is 1. The summed E-state index contributed by atoms with van der Waals surface area (Å²) in [4.78, 5) is 18.3. The van der Waals surface area contributed by atoms with E-state index in [1.165, 1.54) is 30.6 Å². The molecular weight excluding hydrogens is 372 g/mol. The quantitative estimate of drug-likeness (QED) is 0.653. The van der Waals surface area contributed by atoms with E-state index >= 15 is 0 Å². The number of amides is 1. The molecular formula is C21H24N4O2S. The SMILES string of the molecule is COc1ccc(-c2nc(NC(=O)c3cnn(C4CCCCC4)c3)sc2C)cc1. The first-order valence-corrected chi connectivity index (χ1v) is 10.4. The van der Waals surface area contributed by atoms with E-state index in [9.17, 15) is 4.79 Å². The number of aryl methyl sites for hydroxylation is 1. The second-order valence-corrected chi connectivity index (χ2v) is 8.31. The van der Waals surface area contributed by atoms with Crippen molar-refractivity contribution >= 4 is 22.4 Å². The summed E-state index contributed by atoms with van der Waals surface area (Å²) in [6, 6.07) is 8.18. The lowest BCUT2D eigenvalue weighted by molar-refractivity contribution is 0.102. The van der Waals surface area contributed by atoms with Gasteiger partial charge in [-0.05, 0) is 44.0 Å². The summed E-state index contributed by atoms with van der Waals surface area (Å²) in [6.07, 6.45) is 9.55. The second kappa shape index (κ2) is 8.14. The van der Waals surface area contributed by atoms with E-state index in [1.807, 2.05) is 42.1 Å². The molecule has 0 bridgehead atoms. The number of carbonyl (C=O) groups is 1. The van der Waals surface area contributed by atoms with Crippen LogP contribution in [0.25, 0.3) is 11.3 Å². The number of methoxy groups -OCH3 is 1. The number of benzene rings is 1. The predicted molar refractivity (Wildman–Crippen MR) is 111 cm³/mol. The Kier molecular flexibility index (Phi) is 5.43. The van der Waals surface area contributed by atoms with Crippen LogP contribution in [0.5, 0.6) is 5.75 Å². The van der Waals surface area contributed by atoms with Gasteiger partial charge in [-0.2, -0.15) is 5.10 Å². The molecule has 146 valence electrons. The van der Waals surface area contributed by atoms with E-state index in [1.54, 1.807) is 13.3 Å². The first-order valence-electron chi connectivity index (χ1n) is 9.61. The lowest BCUT2D eigenvalue weighted by Gasteiger charge is -2.21. The number of nitrogens with zero attached hydrogens (tertiary/aromatic N) is 3. The Morgan fingerprint density at radius 2 is 1.96 bits per heavy atom. The number of thiazole rings is 1. The molecule has 0 unspecified atom stereocenters. The Labute approximate surface area is 168 Å². The standard InChI is InChI=1S/C21H24N4O2S/c1-14-19(15-8-10-18(27-2)11-9-15)23-21(28-14)24-20(26)16-12-22-25(13-16)17-6-4-3-5-7-17/h8-13,17H,3-7H2,1-2H3,(H,23,24,26). The van der Waals surface area contributed by atoms with Crippen LogP contribution in [0.15, 0.2) is 36.7 Å². The number of carbonyl (C=O) groups excluding carboxylic acids is 1. The Balaban J connectivity index is 1.47. The molecule has 0 spiro atoms. The van der Waals surface area contributed by atoms with Crippen LogP contribution in [0.2, 0.25) is 0 Å². The van der Waals surface area contributed by atoms with Gasteiger partial charge in [0.25, 0.3) is 5.91 Å². The van der Waals surface area contributed by atoms with Gasteiger partial charge in [0.1, 0.15) is 5.75 Å². The van der Waals surface area contributed by atoms with Gasteiger partial charge in [-0.25, -0.2) is 4.98 Å². The van der Waals surface area contributed by atoms with Crippen LogP contribution in [0.3, 0.4) is 0 Å². The molecule has 0 atom stereocenters. The van der Waals surface area contributed by atoms with E-state index in [2.05, 4.69) is 15.4 Å². The summed E-state index contributed by atoms with van der Waals surface area (Å²) >= 11 is 1.48. The molecule has 1 fully saturated rings. The highest BCUT2D eigenvalue weighted by molar-refractivity contribution is 7.16. The van der Waals surface area contributed by atoms with Crippen molar-refractivity contribution in [1.82, 2.24) is 14.8 Å². The summed E-state index contributed by atoms with van der Waals surface area (Å²) in [5.74, 6) is 0.636. The number of anilines is 1. The minimum atomic E-state index is -0.169. The predicted octanol–water partition coefficient (Wildman–Crippen LogP) is 5.08. The molecule has 2 heterocycles. The van der Waals surface area contributed by atoms with Crippen molar-refractivity contribution in [1.29, 1.82) is 0 Å². The van der Waals surface area contributed by atoms with Gasteiger partial charge in [0.2, 0.25) is 0 Å². The molecule has 7 heteroatoms. The van der Waals surface area contributed by atoms with Crippen molar-refractivity contribution in [2.75, 3.05) is 12.4 Å². The summed E-state index contributed by atoms with van der Waals surface area (Å²) in [5, 5.41) is 7.93. The third-order valence-corrected chi connectivity index (χ3v) is 6.08. The molecule has 1 amide bonds. The third-order valence-electron chi connectivity index (χ3n) is 5.19. The number of rotatable bonds is 5. The van der Waals surface area contributed by atoms with Gasteiger partial charge in [0.15, 0.2) is 5.13 Å². The Morgan fingerprint density at radius 1 is 1.21 bits per heavy atom. The van der Waals surface area contributed by atoms with Crippen LogP contribution in [-0.4, -0.2) is 27.8 Å². The Hall–Kier alpha value is -2.67. The fraction of sp³-hybridized carbons (Fsp3) is 0.381. The summed E-state index contributed by atoms with van der Waals surface area (Å²) in [6.45, 7) is 2.01. The number of aromatic nitrogens is 3. The fourth-order valence-electron chi connectivity index (χ4n) is 3.64. The van der Waals surface area contributed by atoms with Crippen LogP contribution in [0.4, 0.5) is 5.13 Å². The molecule has 4 rings (SSSR count). The van der Waals surface area contributed by atoms with Crippen LogP contribution in [0.1, 0.15) is 53.4 Å². The van der Waals surface area contributed by atoms with Gasteiger partial charge < -0.3 is 4.74 Å². The van der Waals surface area contributed by atoms with Gasteiger partial charge >= 0.3 is 0 Å². The maximum absolute atomic E-state index is 12.6. The van der Waals surface area contributed by atoms with Gasteiger partial charge in [0.05, 0.1) is 30.6 Å². The summed E-state index contributed by atoms with van der Waals surface area (Å²) < 4.78 is 7.15. The Morgan fingerprint density at radius 3 is 2.68 bits per heavy atom. The van der Waals surface area contributed by atoms with E-state index in [0.717, 1.165) is 34.7 Å². The monoisotopic (exact) mass is 396 g/mol. The van der Waals surface area contributed by atoms with Crippen molar-refractivity contribution in [2.45, 2.75) is 45.1 Å². The van der Waals surface area contributed by atoms with Crippen LogP contribution < -0.4 is 10.1 Å². The third kappa shape index (κ3) is 3.94. The lowest BCUT2D eigenvalue weighted by Crippen LogP contribution is -2.14. The fourth-order valence-corrected chi connectivity index (χ4v) is 4.47. The highest BCUT2D eigenvalue weighted by atomic mass is 32.1. The zero-order valence-corrected chi connectivity index (χ0v) is 17.0. The van der Waals surface area contributed by atoms with Crippen LogP contribution >= 0.6 is 11.3 Å². The van der Waals surface area contributed by atoms with Crippen molar-refractivity contribution in [3.8, 4) is 17.0 Å². The number of hydrogen-bond donors (Lipinski definition) is 1. The average molecular weight is 397 g/mol. The molecule has 28 heavy (non-hydrogen) atoms. The van der Waals surface area contributed by atoms with E-state index in [4.69, 9.17) is 4.74 Å². The van der Waals surface area contributed by atoms with Crippen molar-refractivity contribution < 1.29 is 9.53 Å². The first kappa shape index (κ1) is 18.7. The normalized spacial score (nSPS) is 14.8. The maximum Gasteiger partial charge on any atom is 0.260 e. The van der Waals surface area contributed by atoms with E-state index < -0.39 is 0 Å². The van der Waals surface area contributed by atoms with E-state index in [0.29, 0.717) is 16.7 Å². The van der Waals surface area contributed by atoms with Crippen LogP contribution in [0, 0.1) is 6.92 Å². The zero-order chi connectivity index (χ0) is 19.5. The van der Waals surface area contributed by atoms with Crippen molar-refractivity contribution in [3.63, 3.8) is 0 Å². The lowest BCUT2D eigenvalue weighted by atomic mass is 9.96. The molecule has 0 saturated heterocycles. The molecule has 1 aromatic carbocycles. The molecule has 3 aromatic rings. The molecule has 0 aliphatic heterocycles. The van der Waals surface area contributed by atoms with Gasteiger partial charge in [0, 0.05) is 16.6 Å². The molecule has 1 N–H and O–H groups in total. The maximum atomic E-state index is 12.6. The molecule has 1 aliphatic carbocycles. The summed E-state index contributed by atoms with van der Waals surface area (Å²) in [5.41, 5.74) is 2.45. The van der Waals surface area contributed by atoms with E-state index in [-0.39, 0.29) is 5.91 Å².